The van der Waals surface area contributed by atoms with E-state index in [0.717, 1.165) is 43.4 Å². The third kappa shape index (κ3) is 5.29. The van der Waals surface area contributed by atoms with Crippen LogP contribution in [0.25, 0.3) is 0 Å². The van der Waals surface area contributed by atoms with Crippen LogP contribution < -0.4 is 10.6 Å². The Hall–Kier alpha value is -2.46. The predicted octanol–water partition coefficient (Wildman–Crippen LogP) is 6.16. The Morgan fingerprint density at radius 3 is 2.30 bits per heavy atom. The molecule has 5 rings (SSSR count). The Labute approximate surface area is 251 Å². The summed E-state index contributed by atoms with van der Waals surface area (Å²) in [5.74, 6) is -1.58. The van der Waals surface area contributed by atoms with Gasteiger partial charge < -0.3 is 20.5 Å². The number of ether oxygens (including phenoxy) is 1. The number of carboxylic acids is 1. The molecule has 2 fully saturated rings. The number of rotatable bonds is 8. The fraction of sp³-hybridized carbons (Fsp3) is 0.448. The minimum Gasteiger partial charge on any atom is -0.479 e. The second kappa shape index (κ2) is 11.8. The summed E-state index contributed by atoms with van der Waals surface area (Å²) in [6.07, 6.45) is 8.49. The summed E-state index contributed by atoms with van der Waals surface area (Å²) < 4.78 is 6.02. The van der Waals surface area contributed by atoms with Crippen LogP contribution in [0.15, 0.2) is 46.8 Å². The SMILES string of the molecule is O=C(Nc1ccc(C[C@@](NC2=C(Br)C(=O)C23CCCCC3)(C(=O)O)C2CCOCC2)cc1)c1c(Cl)cncc1Cl. The molecule has 1 atom stereocenters. The summed E-state index contributed by atoms with van der Waals surface area (Å²) in [5, 5.41) is 17.3. The van der Waals surface area contributed by atoms with Crippen molar-refractivity contribution in [1.29, 1.82) is 0 Å². The number of carbonyl (C=O) groups is 3. The molecule has 2 heterocycles. The fourth-order valence-corrected chi connectivity index (χ4v) is 7.64. The zero-order valence-electron chi connectivity index (χ0n) is 21.8. The number of pyridine rings is 1. The van der Waals surface area contributed by atoms with Gasteiger partial charge in [-0.3, -0.25) is 14.6 Å². The molecule has 1 spiro atoms. The molecular weight excluding hydrogens is 621 g/mol. The van der Waals surface area contributed by atoms with Crippen molar-refractivity contribution in [2.75, 3.05) is 18.5 Å². The summed E-state index contributed by atoms with van der Waals surface area (Å²) in [7, 11) is 0. The molecule has 2 aliphatic carbocycles. The van der Waals surface area contributed by atoms with Gasteiger partial charge in [0.15, 0.2) is 5.78 Å². The minimum absolute atomic E-state index is 0.0652. The van der Waals surface area contributed by atoms with E-state index in [9.17, 15) is 19.5 Å². The molecular formula is C29H30BrCl2N3O5. The lowest BCUT2D eigenvalue weighted by Gasteiger charge is -2.50. The van der Waals surface area contributed by atoms with Crippen molar-refractivity contribution in [1.82, 2.24) is 10.3 Å². The number of aromatic nitrogens is 1. The van der Waals surface area contributed by atoms with Gasteiger partial charge in [-0.1, -0.05) is 54.6 Å². The Kier molecular flexibility index (Phi) is 8.57. The molecule has 1 amide bonds. The van der Waals surface area contributed by atoms with E-state index in [1.807, 2.05) is 0 Å². The third-order valence-corrected chi connectivity index (χ3v) is 9.79. The second-order valence-corrected chi connectivity index (χ2v) is 12.4. The molecule has 0 bridgehead atoms. The Balaban J connectivity index is 1.42. The van der Waals surface area contributed by atoms with Gasteiger partial charge in [-0.05, 0) is 65.2 Å². The number of amides is 1. The van der Waals surface area contributed by atoms with Crippen LogP contribution in [0.1, 0.15) is 60.9 Å². The van der Waals surface area contributed by atoms with E-state index < -0.39 is 22.8 Å². The van der Waals surface area contributed by atoms with E-state index >= 15 is 0 Å². The molecule has 11 heteroatoms. The van der Waals surface area contributed by atoms with Gasteiger partial charge in [0.05, 0.1) is 25.5 Å². The van der Waals surface area contributed by atoms with Crippen molar-refractivity contribution in [3.63, 3.8) is 0 Å². The molecule has 1 saturated carbocycles. The molecule has 8 nitrogen and oxygen atoms in total. The lowest BCUT2D eigenvalue weighted by Crippen LogP contribution is -2.64. The van der Waals surface area contributed by atoms with Gasteiger partial charge in [0.1, 0.15) is 5.54 Å². The Morgan fingerprint density at radius 1 is 1.07 bits per heavy atom. The lowest BCUT2D eigenvalue weighted by molar-refractivity contribution is -0.150. The highest BCUT2D eigenvalue weighted by Gasteiger charge is 2.57. The average Bonchev–Trinajstić information content (AvgIpc) is 2.96. The predicted molar refractivity (Wildman–Crippen MR) is 156 cm³/mol. The van der Waals surface area contributed by atoms with Gasteiger partial charge in [-0.15, -0.1) is 0 Å². The van der Waals surface area contributed by atoms with Gasteiger partial charge in [-0.25, -0.2) is 4.79 Å². The summed E-state index contributed by atoms with van der Waals surface area (Å²) in [6, 6.07) is 7.04. The Morgan fingerprint density at radius 2 is 1.70 bits per heavy atom. The number of nitrogens with one attached hydrogen (secondary N) is 2. The molecule has 1 aliphatic heterocycles. The number of Topliss-reactive ketones (excluding diaryl/α,β-unsaturated/α-hetero) is 1. The van der Waals surface area contributed by atoms with Crippen LogP contribution in [-0.2, 0) is 20.7 Å². The number of hydrogen-bond donors (Lipinski definition) is 3. The molecule has 1 saturated heterocycles. The quantitative estimate of drug-likeness (QED) is 0.313. The molecule has 0 radical (unpaired) electrons. The molecule has 1 aromatic carbocycles. The van der Waals surface area contributed by atoms with Crippen LogP contribution in [0.5, 0.6) is 0 Å². The van der Waals surface area contributed by atoms with Crippen molar-refractivity contribution >= 4 is 62.5 Å². The van der Waals surface area contributed by atoms with Crippen molar-refractivity contribution in [3.05, 3.63) is 68.0 Å². The minimum atomic E-state index is -1.34. The van der Waals surface area contributed by atoms with E-state index in [4.69, 9.17) is 27.9 Å². The number of carboxylic acid groups (broad SMARTS) is 1. The highest BCUT2D eigenvalue weighted by molar-refractivity contribution is 9.12. The van der Waals surface area contributed by atoms with Crippen molar-refractivity contribution in [3.8, 4) is 0 Å². The smallest absolute Gasteiger partial charge is 0.329 e. The first-order valence-corrected chi connectivity index (χ1v) is 15.0. The molecule has 0 unspecified atom stereocenters. The number of halogens is 3. The molecule has 3 aliphatic rings. The first-order valence-electron chi connectivity index (χ1n) is 13.4. The maximum atomic E-state index is 13.2. The van der Waals surface area contributed by atoms with Gasteiger partial charge in [0.2, 0.25) is 0 Å². The summed E-state index contributed by atoms with van der Waals surface area (Å²) in [4.78, 5) is 42.9. The summed E-state index contributed by atoms with van der Waals surface area (Å²) >= 11 is 15.7. The average molecular weight is 651 g/mol. The van der Waals surface area contributed by atoms with Gasteiger partial charge >= 0.3 is 5.97 Å². The number of carbonyl (C=O) groups excluding carboxylic acids is 2. The van der Waals surface area contributed by atoms with E-state index in [1.165, 1.54) is 12.4 Å². The standard InChI is InChI=1S/C29H30BrCl2N3O5/c30-23-24(28(25(23)36)10-2-1-3-11-28)35-29(27(38)39,18-8-12-40-13-9-18)14-17-4-6-19(7-5-17)34-26(37)22-20(31)15-33-16-21(22)32/h4-7,15-16,18,35H,1-3,8-14H2,(H,34,37)(H,38,39)/t29-/m0/s1. The number of hydrogen-bond acceptors (Lipinski definition) is 6. The van der Waals surface area contributed by atoms with Crippen molar-refractivity contribution < 1.29 is 24.2 Å². The lowest BCUT2D eigenvalue weighted by atomic mass is 9.61. The van der Waals surface area contributed by atoms with Crippen LogP contribution in [-0.4, -0.2) is 46.5 Å². The monoisotopic (exact) mass is 649 g/mol. The first-order chi connectivity index (χ1) is 19.2. The van der Waals surface area contributed by atoms with E-state index in [0.29, 0.717) is 36.2 Å². The van der Waals surface area contributed by atoms with Crippen LogP contribution in [0.4, 0.5) is 5.69 Å². The van der Waals surface area contributed by atoms with Crippen molar-refractivity contribution in [2.24, 2.45) is 11.3 Å². The molecule has 1 aromatic heterocycles. The first kappa shape index (κ1) is 29.0. The van der Waals surface area contributed by atoms with Crippen LogP contribution in [0.3, 0.4) is 0 Å². The van der Waals surface area contributed by atoms with E-state index in [2.05, 4.69) is 31.5 Å². The van der Waals surface area contributed by atoms with E-state index in [-0.39, 0.29) is 33.7 Å². The normalized spacial score (nSPS) is 20.5. The second-order valence-electron chi connectivity index (χ2n) is 10.8. The number of nitrogens with zero attached hydrogens (tertiary/aromatic N) is 1. The third-order valence-electron chi connectivity index (χ3n) is 8.46. The highest BCUT2D eigenvalue weighted by atomic mass is 79.9. The maximum absolute atomic E-state index is 13.2. The topological polar surface area (TPSA) is 118 Å². The molecule has 2 aromatic rings. The molecule has 212 valence electrons. The number of allylic oxidation sites excluding steroid dienone is 2. The van der Waals surface area contributed by atoms with Crippen molar-refractivity contribution in [2.45, 2.75) is 56.9 Å². The highest BCUT2D eigenvalue weighted by Crippen LogP contribution is 2.54. The Bertz CT molecular complexity index is 1330. The van der Waals surface area contributed by atoms with E-state index in [1.54, 1.807) is 24.3 Å². The number of aliphatic carboxylic acids is 1. The molecule has 40 heavy (non-hydrogen) atoms. The zero-order chi connectivity index (χ0) is 28.5. The van der Waals surface area contributed by atoms with Crippen LogP contribution in [0, 0.1) is 11.3 Å². The van der Waals surface area contributed by atoms with Gasteiger partial charge in [0.25, 0.3) is 5.91 Å². The van der Waals surface area contributed by atoms with Gasteiger partial charge in [-0.2, -0.15) is 0 Å². The fourth-order valence-electron chi connectivity index (χ4n) is 6.25. The van der Waals surface area contributed by atoms with Crippen LogP contribution in [0.2, 0.25) is 10.0 Å². The zero-order valence-corrected chi connectivity index (χ0v) is 24.9. The number of ketones is 1. The number of benzene rings is 1. The largest absolute Gasteiger partial charge is 0.479 e. The maximum Gasteiger partial charge on any atom is 0.329 e. The summed E-state index contributed by atoms with van der Waals surface area (Å²) in [6.45, 7) is 0.966. The summed E-state index contributed by atoms with van der Waals surface area (Å²) in [5.41, 5.74) is 0.162. The number of anilines is 1. The van der Waals surface area contributed by atoms with Crippen LogP contribution >= 0.6 is 39.1 Å². The molecule has 3 N–H and O–H groups in total. The van der Waals surface area contributed by atoms with Gasteiger partial charge in [0, 0.05) is 43.4 Å².